The second kappa shape index (κ2) is 5.83. The molecule has 2 saturated heterocycles. The maximum atomic E-state index is 5.39. The number of nitrogens with zero attached hydrogens (tertiary/aromatic N) is 1. The van der Waals surface area contributed by atoms with Gasteiger partial charge in [-0.25, -0.2) is 0 Å². The van der Waals surface area contributed by atoms with E-state index in [1.165, 1.54) is 45.4 Å². The Hall–Kier alpha value is -0.120. The van der Waals surface area contributed by atoms with Crippen molar-refractivity contribution in [3.63, 3.8) is 0 Å². The molecule has 1 N–H and O–H groups in total. The fourth-order valence-electron chi connectivity index (χ4n) is 2.76. The lowest BCUT2D eigenvalue weighted by molar-refractivity contribution is 0.0543. The summed E-state index contributed by atoms with van der Waals surface area (Å²) in [4.78, 5) is 2.52. The first-order valence-electron chi connectivity index (χ1n) is 6.31. The molecule has 15 heavy (non-hydrogen) atoms. The Morgan fingerprint density at radius 2 is 1.87 bits per heavy atom. The van der Waals surface area contributed by atoms with Gasteiger partial charge < -0.3 is 15.0 Å². The van der Waals surface area contributed by atoms with Gasteiger partial charge in [-0.2, -0.15) is 0 Å². The topological polar surface area (TPSA) is 24.5 Å². The predicted molar refractivity (Wildman–Crippen MR) is 62.0 cm³/mol. The minimum atomic E-state index is 0.873. The summed E-state index contributed by atoms with van der Waals surface area (Å²) in [6, 6.07) is 0. The van der Waals surface area contributed by atoms with Gasteiger partial charge in [0.15, 0.2) is 0 Å². The Labute approximate surface area is 93.2 Å². The second-order valence-corrected chi connectivity index (χ2v) is 5.14. The van der Waals surface area contributed by atoms with E-state index < -0.39 is 0 Å². The van der Waals surface area contributed by atoms with Gasteiger partial charge in [0.1, 0.15) is 0 Å². The number of hydrogen-bond acceptors (Lipinski definition) is 3. The Kier molecular flexibility index (Phi) is 4.42. The van der Waals surface area contributed by atoms with E-state index >= 15 is 0 Å². The van der Waals surface area contributed by atoms with Crippen molar-refractivity contribution in [2.24, 2.45) is 11.8 Å². The minimum Gasteiger partial charge on any atom is -0.381 e. The molecular formula is C12H24N2O. The first-order chi connectivity index (χ1) is 7.34. The fourth-order valence-corrected chi connectivity index (χ4v) is 2.76. The van der Waals surface area contributed by atoms with Crippen molar-refractivity contribution in [1.29, 1.82) is 0 Å². The molecule has 0 aromatic heterocycles. The van der Waals surface area contributed by atoms with Gasteiger partial charge in [0, 0.05) is 26.3 Å². The molecule has 1 unspecified atom stereocenters. The van der Waals surface area contributed by atoms with Gasteiger partial charge in [-0.05, 0) is 51.2 Å². The summed E-state index contributed by atoms with van der Waals surface area (Å²) in [6.07, 6.45) is 3.87. The predicted octanol–water partition coefficient (Wildman–Crippen LogP) is 0.954. The van der Waals surface area contributed by atoms with E-state index in [1.807, 2.05) is 0 Å². The molecule has 2 aliphatic rings. The van der Waals surface area contributed by atoms with Crippen LogP contribution < -0.4 is 5.32 Å². The van der Waals surface area contributed by atoms with Crippen LogP contribution in [-0.4, -0.2) is 51.3 Å². The maximum absolute atomic E-state index is 5.39. The van der Waals surface area contributed by atoms with Crippen molar-refractivity contribution in [1.82, 2.24) is 10.2 Å². The quantitative estimate of drug-likeness (QED) is 0.751. The Morgan fingerprint density at radius 1 is 1.13 bits per heavy atom. The van der Waals surface area contributed by atoms with Crippen molar-refractivity contribution in [3.05, 3.63) is 0 Å². The van der Waals surface area contributed by atoms with Gasteiger partial charge in [-0.15, -0.1) is 0 Å². The summed E-state index contributed by atoms with van der Waals surface area (Å²) in [5.41, 5.74) is 0. The van der Waals surface area contributed by atoms with Crippen molar-refractivity contribution in [3.8, 4) is 0 Å². The van der Waals surface area contributed by atoms with Crippen molar-refractivity contribution < 1.29 is 4.74 Å². The van der Waals surface area contributed by atoms with Crippen molar-refractivity contribution in [2.45, 2.75) is 19.3 Å². The summed E-state index contributed by atoms with van der Waals surface area (Å²) in [5.74, 6) is 1.76. The molecule has 3 heteroatoms. The van der Waals surface area contributed by atoms with E-state index in [2.05, 4.69) is 17.3 Å². The van der Waals surface area contributed by atoms with E-state index in [4.69, 9.17) is 4.74 Å². The van der Waals surface area contributed by atoms with Crippen LogP contribution in [0.1, 0.15) is 19.3 Å². The third-order valence-corrected chi connectivity index (χ3v) is 3.64. The van der Waals surface area contributed by atoms with E-state index in [1.54, 1.807) is 0 Å². The zero-order chi connectivity index (χ0) is 10.5. The van der Waals surface area contributed by atoms with Gasteiger partial charge in [-0.1, -0.05) is 0 Å². The molecule has 2 fully saturated rings. The highest BCUT2D eigenvalue weighted by atomic mass is 16.5. The molecule has 2 heterocycles. The molecule has 88 valence electrons. The SMILES string of the molecule is CN(CC1CCOCC1)CC1CCNC1. The summed E-state index contributed by atoms with van der Waals surface area (Å²) < 4.78 is 5.39. The lowest BCUT2D eigenvalue weighted by Gasteiger charge is -2.28. The molecule has 2 rings (SSSR count). The molecule has 0 aliphatic carbocycles. The molecule has 0 aromatic rings. The molecule has 1 atom stereocenters. The van der Waals surface area contributed by atoms with E-state index in [9.17, 15) is 0 Å². The highest BCUT2D eigenvalue weighted by molar-refractivity contribution is 4.75. The number of nitrogens with one attached hydrogen (secondary N) is 1. The van der Waals surface area contributed by atoms with Crippen LogP contribution in [0.25, 0.3) is 0 Å². The van der Waals surface area contributed by atoms with Gasteiger partial charge in [0.2, 0.25) is 0 Å². The molecule has 0 bridgehead atoms. The van der Waals surface area contributed by atoms with Crippen LogP contribution in [0.2, 0.25) is 0 Å². The van der Waals surface area contributed by atoms with Crippen LogP contribution in [0.3, 0.4) is 0 Å². The van der Waals surface area contributed by atoms with E-state index in [-0.39, 0.29) is 0 Å². The smallest absolute Gasteiger partial charge is 0.0469 e. The molecule has 0 amide bonds. The zero-order valence-corrected chi connectivity index (χ0v) is 9.87. The first-order valence-corrected chi connectivity index (χ1v) is 6.31. The molecule has 0 radical (unpaired) electrons. The van der Waals surface area contributed by atoms with Gasteiger partial charge >= 0.3 is 0 Å². The van der Waals surface area contributed by atoms with Crippen LogP contribution in [0, 0.1) is 11.8 Å². The summed E-state index contributed by atoms with van der Waals surface area (Å²) >= 11 is 0. The first kappa shape index (κ1) is 11.4. The van der Waals surface area contributed by atoms with Crippen LogP contribution in [-0.2, 0) is 4.74 Å². The van der Waals surface area contributed by atoms with Gasteiger partial charge in [0.05, 0.1) is 0 Å². The monoisotopic (exact) mass is 212 g/mol. The number of hydrogen-bond donors (Lipinski definition) is 1. The van der Waals surface area contributed by atoms with Crippen LogP contribution in [0.5, 0.6) is 0 Å². The molecule has 0 aromatic carbocycles. The molecule has 0 saturated carbocycles. The van der Waals surface area contributed by atoms with E-state index in [0.717, 1.165) is 25.0 Å². The number of rotatable bonds is 4. The fraction of sp³-hybridized carbons (Fsp3) is 1.00. The molecule has 0 spiro atoms. The highest BCUT2D eigenvalue weighted by Crippen LogP contribution is 2.17. The lowest BCUT2D eigenvalue weighted by Crippen LogP contribution is -2.33. The van der Waals surface area contributed by atoms with Crippen molar-refractivity contribution in [2.75, 3.05) is 46.4 Å². The third-order valence-electron chi connectivity index (χ3n) is 3.64. The van der Waals surface area contributed by atoms with Gasteiger partial charge in [-0.3, -0.25) is 0 Å². The average molecular weight is 212 g/mol. The number of ether oxygens (including phenoxy) is 1. The highest BCUT2D eigenvalue weighted by Gasteiger charge is 2.19. The zero-order valence-electron chi connectivity index (χ0n) is 9.87. The van der Waals surface area contributed by atoms with Crippen LogP contribution in [0.15, 0.2) is 0 Å². The lowest BCUT2D eigenvalue weighted by atomic mass is 9.99. The molecular weight excluding hydrogens is 188 g/mol. The standard InChI is InChI=1S/C12H24N2O/c1-14(10-12-2-5-13-8-12)9-11-3-6-15-7-4-11/h11-13H,2-10H2,1H3. The maximum Gasteiger partial charge on any atom is 0.0469 e. The molecule has 3 nitrogen and oxygen atoms in total. The normalized spacial score (nSPS) is 28.8. The Bertz CT molecular complexity index is 174. The summed E-state index contributed by atoms with van der Waals surface area (Å²) in [6.45, 7) is 6.92. The summed E-state index contributed by atoms with van der Waals surface area (Å²) in [7, 11) is 2.27. The van der Waals surface area contributed by atoms with Crippen molar-refractivity contribution >= 4 is 0 Å². The van der Waals surface area contributed by atoms with Crippen LogP contribution >= 0.6 is 0 Å². The van der Waals surface area contributed by atoms with Gasteiger partial charge in [0.25, 0.3) is 0 Å². The average Bonchev–Trinajstić information content (AvgIpc) is 2.71. The molecule has 2 aliphatic heterocycles. The van der Waals surface area contributed by atoms with E-state index in [0.29, 0.717) is 0 Å². The Balaban J connectivity index is 1.64. The summed E-state index contributed by atoms with van der Waals surface area (Å²) in [5, 5.41) is 3.43. The third kappa shape index (κ3) is 3.74. The van der Waals surface area contributed by atoms with Crippen LogP contribution in [0.4, 0.5) is 0 Å². The minimum absolute atomic E-state index is 0.873. The Morgan fingerprint density at radius 3 is 2.53 bits per heavy atom. The second-order valence-electron chi connectivity index (χ2n) is 5.14. The largest absolute Gasteiger partial charge is 0.381 e.